The lowest BCUT2D eigenvalue weighted by Gasteiger charge is -2.39. The van der Waals surface area contributed by atoms with Gasteiger partial charge in [-0.25, -0.2) is 9.48 Å². The molecule has 3 aromatic rings. The Morgan fingerprint density at radius 2 is 1.95 bits per heavy atom. The molecule has 4 N–H and O–H groups in total. The third-order valence-corrected chi connectivity index (χ3v) is 7.84. The van der Waals surface area contributed by atoms with Crippen LogP contribution in [0.5, 0.6) is 5.88 Å². The monoisotopic (exact) mass is 603 g/mol. The van der Waals surface area contributed by atoms with Gasteiger partial charge in [-0.15, -0.1) is 0 Å². The molecule has 2 fully saturated rings. The molecule has 1 aromatic carbocycles. The van der Waals surface area contributed by atoms with Crippen LogP contribution in [0.15, 0.2) is 36.5 Å². The Morgan fingerprint density at radius 3 is 2.56 bits per heavy atom. The molecular weight excluding hydrogens is 571 g/mol. The molecule has 4 heterocycles. The van der Waals surface area contributed by atoms with Gasteiger partial charge < -0.3 is 30.5 Å². The number of carbonyl (C=O) groups is 2. The number of rotatable bonds is 8. The average molecular weight is 604 g/mol. The molecule has 2 saturated heterocycles. The number of esters is 1. The third-order valence-electron chi connectivity index (χ3n) is 7.84. The van der Waals surface area contributed by atoms with E-state index in [1.807, 2.05) is 4.90 Å². The molecule has 2 aromatic heterocycles. The fourth-order valence-electron chi connectivity index (χ4n) is 5.62. The number of nitrogens with two attached hydrogens (primary N) is 1. The number of aromatic nitrogens is 4. The average Bonchev–Trinajstić information content (AvgIpc) is 3.58. The van der Waals surface area contributed by atoms with Gasteiger partial charge in [-0.2, -0.15) is 28.2 Å². The van der Waals surface area contributed by atoms with Crippen molar-refractivity contribution in [2.24, 2.45) is 5.41 Å². The predicted molar refractivity (Wildman–Crippen MR) is 148 cm³/mol. The number of nitrogens with one attached hydrogen (secondary N) is 1. The molecule has 2 aliphatic rings. The van der Waals surface area contributed by atoms with Crippen molar-refractivity contribution in [3.63, 3.8) is 0 Å². The van der Waals surface area contributed by atoms with Crippen LogP contribution >= 0.6 is 0 Å². The minimum atomic E-state index is -4.89. The van der Waals surface area contributed by atoms with Gasteiger partial charge in [-0.3, -0.25) is 4.79 Å². The first-order chi connectivity index (χ1) is 20.4. The summed E-state index contributed by atoms with van der Waals surface area (Å²) in [6.45, 7) is 5.00. The Morgan fingerprint density at radius 1 is 1.21 bits per heavy atom. The Hall–Kier alpha value is -4.40. The van der Waals surface area contributed by atoms with Crippen LogP contribution in [-0.4, -0.2) is 75.3 Å². The quantitative estimate of drug-likeness (QED) is 0.324. The Balaban J connectivity index is 1.43. The highest BCUT2D eigenvalue weighted by Gasteiger charge is 2.46. The van der Waals surface area contributed by atoms with Gasteiger partial charge >= 0.3 is 18.1 Å². The van der Waals surface area contributed by atoms with Gasteiger partial charge in [0.15, 0.2) is 0 Å². The summed E-state index contributed by atoms with van der Waals surface area (Å²) >= 11 is 0. The lowest BCUT2D eigenvalue weighted by atomic mass is 9.76. The first-order valence-electron chi connectivity index (χ1n) is 13.8. The summed E-state index contributed by atoms with van der Waals surface area (Å²) in [5.74, 6) is -1.91. The minimum absolute atomic E-state index is 0.0191. The molecule has 2 aliphatic heterocycles. The number of piperidine rings is 1. The van der Waals surface area contributed by atoms with Crippen molar-refractivity contribution < 1.29 is 37.3 Å². The molecule has 0 bridgehead atoms. The summed E-state index contributed by atoms with van der Waals surface area (Å²) in [7, 11) is 0. The molecule has 0 aliphatic carbocycles. The van der Waals surface area contributed by atoms with Crippen LogP contribution < -0.4 is 20.7 Å². The number of ether oxygens (including phenoxy) is 2. The smallest absolute Gasteiger partial charge is 0.429 e. The second-order valence-electron chi connectivity index (χ2n) is 10.8. The zero-order chi connectivity index (χ0) is 30.9. The first-order valence-corrected chi connectivity index (χ1v) is 13.8. The standard InChI is InChI=1S/C28H32F3N7O5/c1-3-42-25(41)17-4-5-18(20(12-17)38-9-6-16(2)36-38)23(28(29,30)31)43-22-13-21(34-26(32)35-22)37-10-7-27(8-11-37)14-19(24(39)40)33-15-27/h4-6,9,12-13,19,23,33H,3,7-8,10-11,14-15H2,1-2H3,(H,39,40)(H2,32,34,35). The molecule has 230 valence electrons. The maximum Gasteiger partial charge on any atom is 0.429 e. The normalized spacial score (nSPS) is 18.9. The van der Waals surface area contributed by atoms with Crippen LogP contribution in [0.1, 0.15) is 53.9 Å². The lowest BCUT2D eigenvalue weighted by molar-refractivity contribution is -0.198. The van der Waals surface area contributed by atoms with E-state index in [0.29, 0.717) is 50.4 Å². The van der Waals surface area contributed by atoms with Crippen molar-refractivity contribution >= 4 is 23.7 Å². The van der Waals surface area contributed by atoms with Crippen LogP contribution in [0.2, 0.25) is 0 Å². The number of carboxylic acid groups (broad SMARTS) is 1. The van der Waals surface area contributed by atoms with Crippen LogP contribution in [0.4, 0.5) is 24.9 Å². The molecule has 2 atom stereocenters. The van der Waals surface area contributed by atoms with Gasteiger partial charge in [0.1, 0.15) is 11.9 Å². The summed E-state index contributed by atoms with van der Waals surface area (Å²) in [6, 6.07) is 6.01. The van der Waals surface area contributed by atoms with Crippen molar-refractivity contribution in [1.29, 1.82) is 0 Å². The molecule has 0 saturated carbocycles. The molecule has 12 nitrogen and oxygen atoms in total. The molecular formula is C28H32F3N7O5. The minimum Gasteiger partial charge on any atom is -0.480 e. The zero-order valence-corrected chi connectivity index (χ0v) is 23.6. The first kappa shape index (κ1) is 30.1. The number of nitrogens with zero attached hydrogens (tertiary/aromatic N) is 5. The highest BCUT2D eigenvalue weighted by Crippen LogP contribution is 2.42. The van der Waals surface area contributed by atoms with Crippen LogP contribution in [0, 0.1) is 12.3 Å². The van der Waals surface area contributed by atoms with E-state index in [2.05, 4.69) is 20.4 Å². The van der Waals surface area contributed by atoms with Crippen LogP contribution in [-0.2, 0) is 9.53 Å². The topological polar surface area (TPSA) is 158 Å². The summed E-state index contributed by atoms with van der Waals surface area (Å²) in [6.07, 6.45) is -4.04. The van der Waals surface area contributed by atoms with Crippen molar-refractivity contribution in [3.05, 3.63) is 53.3 Å². The zero-order valence-electron chi connectivity index (χ0n) is 23.6. The van der Waals surface area contributed by atoms with E-state index >= 15 is 0 Å². The fraction of sp³-hybridized carbons (Fsp3) is 0.464. The third kappa shape index (κ3) is 6.50. The van der Waals surface area contributed by atoms with E-state index in [-0.39, 0.29) is 40.7 Å². The predicted octanol–water partition coefficient (Wildman–Crippen LogP) is 3.45. The number of aryl methyl sites for hydroxylation is 1. The molecule has 2 unspecified atom stereocenters. The maximum absolute atomic E-state index is 14.6. The van der Waals surface area contributed by atoms with Gasteiger partial charge in [0.05, 0.1) is 23.6 Å². The number of halogens is 3. The van der Waals surface area contributed by atoms with Crippen molar-refractivity contribution in [1.82, 2.24) is 25.1 Å². The number of carboxylic acids is 1. The Bertz CT molecular complexity index is 1500. The SMILES string of the molecule is CCOC(=O)c1ccc(C(Oc2cc(N3CCC4(CC3)CNC(C(=O)O)C4)nc(N)n2)C(F)(F)F)c(-n2ccc(C)n2)c1. The summed E-state index contributed by atoms with van der Waals surface area (Å²) in [5, 5.41) is 16.6. The molecule has 5 rings (SSSR count). The molecule has 1 spiro atoms. The summed E-state index contributed by atoms with van der Waals surface area (Å²) < 4.78 is 55.6. The molecule has 15 heteroatoms. The van der Waals surface area contributed by atoms with Gasteiger partial charge in [-0.05, 0) is 56.7 Å². The van der Waals surface area contributed by atoms with Gasteiger partial charge in [0.25, 0.3) is 0 Å². The second kappa shape index (κ2) is 11.7. The van der Waals surface area contributed by atoms with E-state index in [1.165, 1.54) is 29.1 Å². The largest absolute Gasteiger partial charge is 0.480 e. The molecule has 0 radical (unpaired) electrons. The Labute approximate surface area is 245 Å². The van der Waals surface area contributed by atoms with Crippen LogP contribution in [0.25, 0.3) is 5.69 Å². The molecule has 0 amide bonds. The van der Waals surface area contributed by atoms with Crippen molar-refractivity contribution in [3.8, 4) is 11.6 Å². The number of aliphatic carboxylic acids is 1. The van der Waals surface area contributed by atoms with Gasteiger partial charge in [0.2, 0.25) is 17.9 Å². The highest BCUT2D eigenvalue weighted by atomic mass is 19.4. The highest BCUT2D eigenvalue weighted by molar-refractivity contribution is 5.90. The van der Waals surface area contributed by atoms with E-state index in [4.69, 9.17) is 15.2 Å². The lowest BCUT2D eigenvalue weighted by Crippen LogP contribution is -2.41. The van der Waals surface area contributed by atoms with Crippen molar-refractivity contribution in [2.75, 3.05) is 36.9 Å². The van der Waals surface area contributed by atoms with E-state index < -0.39 is 30.3 Å². The van der Waals surface area contributed by atoms with E-state index in [9.17, 15) is 27.9 Å². The number of hydrogen-bond acceptors (Lipinski definition) is 10. The van der Waals surface area contributed by atoms with Gasteiger partial charge in [-0.1, -0.05) is 6.07 Å². The number of hydrogen-bond donors (Lipinski definition) is 3. The van der Waals surface area contributed by atoms with Crippen molar-refractivity contribution in [2.45, 2.75) is 51.4 Å². The summed E-state index contributed by atoms with van der Waals surface area (Å²) in [5.41, 5.74) is 6.03. The van der Waals surface area contributed by atoms with Crippen LogP contribution in [0.3, 0.4) is 0 Å². The number of benzene rings is 1. The van der Waals surface area contributed by atoms with Gasteiger partial charge in [0, 0.05) is 37.5 Å². The Kier molecular flexibility index (Phi) is 8.18. The second-order valence-corrected chi connectivity index (χ2v) is 10.8. The summed E-state index contributed by atoms with van der Waals surface area (Å²) in [4.78, 5) is 33.8. The maximum atomic E-state index is 14.6. The fourth-order valence-corrected chi connectivity index (χ4v) is 5.62. The van der Waals surface area contributed by atoms with E-state index in [1.54, 1.807) is 19.9 Å². The number of anilines is 2. The number of nitrogen functional groups attached to an aromatic ring is 1. The van der Waals surface area contributed by atoms with E-state index in [0.717, 1.165) is 6.07 Å². The number of carbonyl (C=O) groups excluding carboxylic acids is 1. The number of alkyl halides is 3. The molecule has 43 heavy (non-hydrogen) atoms.